The molecule has 9 aromatic carbocycles. The fourth-order valence-electron chi connectivity index (χ4n) is 9.11. The number of amidine groups is 1. The van der Waals surface area contributed by atoms with Gasteiger partial charge in [0.05, 0.1) is 5.41 Å². The van der Waals surface area contributed by atoms with Crippen molar-refractivity contribution in [2.75, 3.05) is 6.54 Å². The molecule has 0 radical (unpaired) electrons. The first-order chi connectivity index (χ1) is 29.9. The maximum atomic E-state index is 7.01. The monoisotopic (exact) mass is 789 g/mol. The Bertz CT molecular complexity index is 3010. The van der Waals surface area contributed by atoms with Gasteiger partial charge in [0, 0.05) is 12.1 Å². The highest BCUT2D eigenvalue weighted by atomic mass is 14.7. The van der Waals surface area contributed by atoms with Gasteiger partial charge >= 0.3 is 0 Å². The van der Waals surface area contributed by atoms with Crippen LogP contribution in [0.15, 0.2) is 218 Å². The number of nitrogens with two attached hydrogens (primary N) is 2. The predicted molar refractivity (Wildman–Crippen MR) is 262 cm³/mol. The van der Waals surface area contributed by atoms with Crippen LogP contribution in [0.2, 0.25) is 0 Å². The summed E-state index contributed by atoms with van der Waals surface area (Å²) in [5.74, 6) is 0.121. The maximum absolute atomic E-state index is 7.01. The Morgan fingerprint density at radius 2 is 1.05 bits per heavy atom. The fraction of sp³-hybridized carbons (Fsp3) is 0.0862. The largest absolute Gasteiger partial charge is 0.384 e. The number of hydrogen-bond acceptors (Lipinski definition) is 2. The van der Waals surface area contributed by atoms with Gasteiger partial charge < -0.3 is 11.5 Å². The average molecular weight is 790 g/mol. The van der Waals surface area contributed by atoms with Crippen molar-refractivity contribution < 1.29 is 0 Å². The van der Waals surface area contributed by atoms with E-state index in [2.05, 4.69) is 171 Å². The quantitative estimate of drug-likeness (QED) is 0.0679. The zero-order valence-corrected chi connectivity index (χ0v) is 35.1. The lowest BCUT2D eigenvalue weighted by Gasteiger charge is -2.34. The normalized spacial score (nSPS) is 12.6. The molecule has 0 amide bonds. The summed E-state index contributed by atoms with van der Waals surface area (Å²) in [6, 6.07) is 70.0. The van der Waals surface area contributed by atoms with E-state index in [1.165, 1.54) is 88.0 Å². The van der Waals surface area contributed by atoms with Crippen LogP contribution in [0.5, 0.6) is 0 Å². The van der Waals surface area contributed by atoms with Gasteiger partial charge in [-0.1, -0.05) is 200 Å². The maximum Gasteiger partial charge on any atom is 0.122 e. The van der Waals surface area contributed by atoms with Crippen LogP contribution in [-0.2, 0) is 5.41 Å². The number of nitrogen functional groups attached to an aromatic ring is 1. The summed E-state index contributed by atoms with van der Waals surface area (Å²) in [5, 5.41) is 14.9. The van der Waals surface area contributed by atoms with Gasteiger partial charge in [-0.3, -0.25) is 5.41 Å². The van der Waals surface area contributed by atoms with Gasteiger partial charge in [0.2, 0.25) is 0 Å². The average Bonchev–Trinajstić information content (AvgIpc) is 3.62. The summed E-state index contributed by atoms with van der Waals surface area (Å²) in [6.45, 7) is 6.85. The van der Waals surface area contributed by atoms with Crippen molar-refractivity contribution in [3.05, 3.63) is 251 Å². The Kier molecular flexibility index (Phi) is 11.9. The molecule has 61 heavy (non-hydrogen) atoms. The van der Waals surface area contributed by atoms with Crippen molar-refractivity contribution in [3.63, 3.8) is 0 Å². The van der Waals surface area contributed by atoms with Gasteiger partial charge in [-0.15, -0.1) is 0 Å². The molecule has 3 heteroatoms. The molecule has 0 fully saturated rings. The predicted octanol–water partition coefficient (Wildman–Crippen LogP) is 13.9. The minimum atomic E-state index is -0.402. The van der Waals surface area contributed by atoms with Gasteiger partial charge in [-0.05, 0) is 121 Å². The molecule has 298 valence electrons. The van der Waals surface area contributed by atoms with Gasteiger partial charge in [0.25, 0.3) is 0 Å². The molecule has 0 unspecified atom stereocenters. The molecular formula is C58H51N3. The number of hydrogen-bond donors (Lipinski definition) is 3. The van der Waals surface area contributed by atoms with Gasteiger partial charge in [-0.2, -0.15) is 0 Å². The van der Waals surface area contributed by atoms with Crippen LogP contribution >= 0.6 is 0 Å². The summed E-state index contributed by atoms with van der Waals surface area (Å²) < 4.78 is 0. The molecule has 3 nitrogen and oxygen atoms in total. The molecule has 0 heterocycles. The van der Waals surface area contributed by atoms with Crippen LogP contribution in [-0.4, -0.2) is 12.4 Å². The first kappa shape index (κ1) is 40.4. The topological polar surface area (TPSA) is 75.9 Å². The Morgan fingerprint density at radius 3 is 1.64 bits per heavy atom. The van der Waals surface area contributed by atoms with E-state index in [4.69, 9.17) is 16.9 Å². The molecule has 1 aliphatic rings. The van der Waals surface area contributed by atoms with E-state index in [1.54, 1.807) is 0 Å². The van der Waals surface area contributed by atoms with E-state index in [9.17, 15) is 0 Å². The van der Waals surface area contributed by atoms with E-state index in [0.29, 0.717) is 6.54 Å². The molecule has 0 aliphatic heterocycles. The van der Waals surface area contributed by atoms with Crippen LogP contribution in [0.4, 0.5) is 0 Å². The van der Waals surface area contributed by atoms with E-state index < -0.39 is 5.41 Å². The number of rotatable bonds is 6. The molecule has 0 atom stereocenters. The molecule has 0 saturated heterocycles. The van der Waals surface area contributed by atoms with Crippen molar-refractivity contribution in [2.45, 2.75) is 26.2 Å². The standard InChI is InChI=1S/C44H30.C7H8N2.C7H13N/c1-29-13-12-21-39-35-19-9-8-18-34(35)36-25-23-30(27-40(36)43(29)39)31-24-26-38-37-20-10-11-22-41(37)44(42(38)28-31,32-14-4-2-5-15-32)33-16-6-3-7-17-33;8-7(9)6-4-2-1-3-5-6;1-3-5-7(4-2)6-8/h2-28H,1H3;1-5H,(H3,8,9);3-5H,6,8H2,1-2H3/b;;5-3-,7-4+. The zero-order chi connectivity index (χ0) is 42.3. The molecule has 0 saturated carbocycles. The Balaban J connectivity index is 0.000000254. The molecule has 0 spiro atoms. The number of benzene rings is 9. The fourth-order valence-corrected chi connectivity index (χ4v) is 9.11. The smallest absolute Gasteiger partial charge is 0.122 e. The number of fused-ring (bicyclic) bond motifs is 9. The highest BCUT2D eigenvalue weighted by molar-refractivity contribution is 6.26. The number of nitrogens with one attached hydrogen (secondary N) is 1. The highest BCUT2D eigenvalue weighted by Gasteiger charge is 2.46. The summed E-state index contributed by atoms with van der Waals surface area (Å²) in [7, 11) is 0. The third-order valence-corrected chi connectivity index (χ3v) is 11.9. The number of aryl methyl sites for hydroxylation is 1. The van der Waals surface area contributed by atoms with Crippen LogP contribution in [0.3, 0.4) is 0 Å². The number of allylic oxidation sites excluding steroid dienone is 2. The second-order valence-electron chi connectivity index (χ2n) is 15.4. The first-order valence-electron chi connectivity index (χ1n) is 21.0. The summed E-state index contributed by atoms with van der Waals surface area (Å²) >= 11 is 0. The van der Waals surface area contributed by atoms with E-state index in [-0.39, 0.29) is 5.84 Å². The summed E-state index contributed by atoms with van der Waals surface area (Å²) in [6.07, 6.45) is 6.02. The van der Waals surface area contributed by atoms with Crippen molar-refractivity contribution in [1.82, 2.24) is 0 Å². The van der Waals surface area contributed by atoms with Gasteiger partial charge in [0.15, 0.2) is 0 Å². The Morgan fingerprint density at radius 1 is 0.525 bits per heavy atom. The molecule has 9 aromatic rings. The van der Waals surface area contributed by atoms with Crippen LogP contribution < -0.4 is 11.5 Å². The molecule has 10 rings (SSSR count). The molecule has 1 aliphatic carbocycles. The minimum absolute atomic E-state index is 0.121. The van der Waals surface area contributed by atoms with E-state index in [0.717, 1.165) is 5.56 Å². The Hall–Kier alpha value is -7.33. The third-order valence-electron chi connectivity index (χ3n) is 11.9. The van der Waals surface area contributed by atoms with Crippen molar-refractivity contribution in [3.8, 4) is 22.3 Å². The second kappa shape index (κ2) is 17.9. The van der Waals surface area contributed by atoms with E-state index in [1.807, 2.05) is 62.4 Å². The lowest BCUT2D eigenvalue weighted by atomic mass is 9.67. The summed E-state index contributed by atoms with van der Waals surface area (Å²) in [5.41, 5.74) is 23.8. The van der Waals surface area contributed by atoms with Gasteiger partial charge in [0.1, 0.15) is 5.84 Å². The van der Waals surface area contributed by atoms with Crippen LogP contribution in [0, 0.1) is 12.3 Å². The Labute approximate surface area is 359 Å². The lowest BCUT2D eigenvalue weighted by Crippen LogP contribution is -2.28. The zero-order valence-electron chi connectivity index (χ0n) is 35.1. The SMILES string of the molecule is C/C=C\C(=C/C)CN.Cc1cccc2c3ccccc3c3ccc(-c4ccc5c(c4)C(c4ccccc4)(c4ccccc4)c4ccccc4-5)cc3c12.N=C(N)c1ccccc1. The molecular weight excluding hydrogens is 739 g/mol. The van der Waals surface area contributed by atoms with Crippen LogP contribution in [0.1, 0.15) is 47.2 Å². The summed E-state index contributed by atoms with van der Waals surface area (Å²) in [4.78, 5) is 0. The minimum Gasteiger partial charge on any atom is -0.384 e. The van der Waals surface area contributed by atoms with Crippen molar-refractivity contribution in [1.29, 1.82) is 5.41 Å². The third kappa shape index (κ3) is 7.57. The van der Waals surface area contributed by atoms with E-state index >= 15 is 0 Å². The second-order valence-corrected chi connectivity index (χ2v) is 15.4. The molecule has 0 bridgehead atoms. The van der Waals surface area contributed by atoms with Crippen molar-refractivity contribution >= 4 is 38.2 Å². The highest BCUT2D eigenvalue weighted by Crippen LogP contribution is 2.56. The van der Waals surface area contributed by atoms with Crippen LogP contribution in [0.25, 0.3) is 54.6 Å². The molecule has 0 aromatic heterocycles. The lowest BCUT2D eigenvalue weighted by molar-refractivity contribution is 0.769. The first-order valence-corrected chi connectivity index (χ1v) is 21.0. The van der Waals surface area contributed by atoms with Gasteiger partial charge in [-0.25, -0.2) is 0 Å². The van der Waals surface area contributed by atoms with Crippen molar-refractivity contribution in [2.24, 2.45) is 11.5 Å². The molecule has 5 N–H and O–H groups in total.